The zero-order chi connectivity index (χ0) is 33.9. The van der Waals surface area contributed by atoms with Gasteiger partial charge in [0.2, 0.25) is 0 Å². The minimum Gasteiger partial charge on any atom is -0.361 e. The van der Waals surface area contributed by atoms with Gasteiger partial charge in [0.1, 0.15) is 0 Å². The Balaban J connectivity index is 0.00000165. The Hall–Kier alpha value is -5.88. The molecule has 2 atom stereocenters. The highest BCUT2D eigenvalue weighted by Crippen LogP contribution is 2.59. The van der Waals surface area contributed by atoms with Crippen LogP contribution in [0.25, 0.3) is 38.7 Å². The van der Waals surface area contributed by atoms with E-state index in [0.29, 0.717) is 0 Å². The highest BCUT2D eigenvalue weighted by atomic mass is 14.7. The summed E-state index contributed by atoms with van der Waals surface area (Å²) in [7, 11) is 0. The Kier molecular flexibility index (Phi) is 7.02. The van der Waals surface area contributed by atoms with Crippen molar-refractivity contribution >= 4 is 16.5 Å². The van der Waals surface area contributed by atoms with E-state index in [9.17, 15) is 0 Å². The van der Waals surface area contributed by atoms with Crippen LogP contribution in [0, 0.1) is 5.92 Å². The van der Waals surface area contributed by atoms with Crippen molar-refractivity contribution in [3.63, 3.8) is 0 Å². The first-order chi connectivity index (χ1) is 24.7. The average molecular weight is 642 g/mol. The summed E-state index contributed by atoms with van der Waals surface area (Å²) < 4.78 is 0. The molecule has 10 rings (SSSR count). The molecule has 50 heavy (non-hydrogen) atoms. The summed E-state index contributed by atoms with van der Waals surface area (Å²) in [5, 5.41) is 1.26. The number of hydrogen-bond donors (Lipinski definition) is 1. The normalized spacial score (nSPS) is 18.8. The number of hydrogen-bond acceptors (Lipinski definition) is 0. The number of benzene rings is 6. The molecule has 0 saturated carbocycles. The second kappa shape index (κ2) is 11.6. The summed E-state index contributed by atoms with van der Waals surface area (Å²) in [6.45, 7) is 6.38. The molecule has 0 bridgehead atoms. The first-order valence-electron chi connectivity index (χ1n) is 17.9. The number of para-hydroxylation sites is 1. The first kappa shape index (κ1) is 30.2. The van der Waals surface area contributed by atoms with E-state index in [4.69, 9.17) is 0 Å². The van der Waals surface area contributed by atoms with Crippen molar-refractivity contribution in [3.8, 4) is 22.3 Å². The van der Waals surface area contributed by atoms with E-state index in [0.717, 1.165) is 5.52 Å². The minimum absolute atomic E-state index is 0.141. The Morgan fingerprint density at radius 3 is 1.74 bits per heavy atom. The molecule has 3 aliphatic carbocycles. The number of fused-ring (bicyclic) bond motifs is 7. The highest BCUT2D eigenvalue weighted by Gasteiger charge is 2.52. The Morgan fingerprint density at radius 1 is 0.540 bits per heavy atom. The van der Waals surface area contributed by atoms with E-state index in [1.807, 2.05) is 13.8 Å². The van der Waals surface area contributed by atoms with Gasteiger partial charge in [-0.25, -0.2) is 0 Å². The Bertz CT molecular complexity index is 2450. The van der Waals surface area contributed by atoms with Gasteiger partial charge in [-0.05, 0) is 80.3 Å². The van der Waals surface area contributed by atoms with Crippen LogP contribution < -0.4 is 0 Å². The smallest absolute Gasteiger partial charge is 0.0587 e. The van der Waals surface area contributed by atoms with Gasteiger partial charge in [-0.2, -0.15) is 0 Å². The van der Waals surface area contributed by atoms with Gasteiger partial charge >= 0.3 is 0 Å². The summed E-state index contributed by atoms with van der Waals surface area (Å²) in [5.74, 6) is 0.141. The molecule has 0 radical (unpaired) electrons. The van der Waals surface area contributed by atoms with Crippen LogP contribution in [0.2, 0.25) is 0 Å². The van der Waals surface area contributed by atoms with Gasteiger partial charge in [0.15, 0.2) is 0 Å². The predicted octanol–water partition coefficient (Wildman–Crippen LogP) is 12.3. The van der Waals surface area contributed by atoms with Crippen molar-refractivity contribution in [2.75, 3.05) is 0 Å². The molecule has 0 fully saturated rings. The zero-order valence-electron chi connectivity index (χ0n) is 28.7. The first-order valence-corrected chi connectivity index (χ1v) is 17.9. The average Bonchev–Trinajstić information content (AvgIpc) is 3.84. The number of aromatic amines is 1. The van der Waals surface area contributed by atoms with Gasteiger partial charge < -0.3 is 4.98 Å². The predicted molar refractivity (Wildman–Crippen MR) is 209 cm³/mol. The maximum absolute atomic E-state index is 3.65. The SMILES string of the molecule is CC.CC1(c2ccc(-c3ccc(C4(c5c[nH]c6ccccc56)c5ccccc5C5=C=CC=CC54)cc3)cc2)c2ccccc2-c2ccccc21. The summed E-state index contributed by atoms with van der Waals surface area (Å²) in [6, 6.07) is 54.0. The second-order valence-corrected chi connectivity index (χ2v) is 13.6. The molecule has 1 nitrogen and oxygen atoms in total. The lowest BCUT2D eigenvalue weighted by Crippen LogP contribution is -2.33. The molecule has 0 spiro atoms. The highest BCUT2D eigenvalue weighted by molar-refractivity contribution is 5.92. The van der Waals surface area contributed by atoms with Gasteiger partial charge in [0.05, 0.1) is 5.41 Å². The molecule has 2 unspecified atom stereocenters. The van der Waals surface area contributed by atoms with Crippen molar-refractivity contribution < 1.29 is 0 Å². The molecule has 3 aliphatic rings. The zero-order valence-corrected chi connectivity index (χ0v) is 28.7. The molecule has 1 heteroatoms. The Morgan fingerprint density at radius 2 is 1.08 bits per heavy atom. The summed E-state index contributed by atoms with van der Waals surface area (Å²) >= 11 is 0. The third-order valence-electron chi connectivity index (χ3n) is 11.4. The fourth-order valence-electron chi connectivity index (χ4n) is 9.21. The van der Waals surface area contributed by atoms with E-state index >= 15 is 0 Å². The molecule has 1 aromatic heterocycles. The molecular formula is C49H39N. The van der Waals surface area contributed by atoms with Crippen LogP contribution in [0.15, 0.2) is 176 Å². The number of allylic oxidation sites excluding steroid dienone is 3. The lowest BCUT2D eigenvalue weighted by molar-refractivity contribution is 0.565. The summed E-state index contributed by atoms with van der Waals surface area (Å²) in [5.41, 5.74) is 19.9. The summed E-state index contributed by atoms with van der Waals surface area (Å²) in [4.78, 5) is 3.61. The largest absolute Gasteiger partial charge is 0.361 e. The van der Waals surface area contributed by atoms with Crippen LogP contribution in [0.1, 0.15) is 59.7 Å². The lowest BCUT2D eigenvalue weighted by atomic mass is 9.64. The van der Waals surface area contributed by atoms with E-state index in [2.05, 4.69) is 188 Å². The van der Waals surface area contributed by atoms with E-state index in [1.54, 1.807) is 0 Å². The van der Waals surface area contributed by atoms with Crippen LogP contribution in [-0.2, 0) is 10.8 Å². The Labute approximate surface area is 295 Å². The van der Waals surface area contributed by atoms with Crippen molar-refractivity contribution in [2.24, 2.45) is 5.92 Å². The van der Waals surface area contributed by atoms with Gasteiger partial charge in [-0.1, -0.05) is 166 Å². The van der Waals surface area contributed by atoms with E-state index < -0.39 is 0 Å². The van der Waals surface area contributed by atoms with Crippen LogP contribution in [0.3, 0.4) is 0 Å². The van der Waals surface area contributed by atoms with Gasteiger partial charge in [0, 0.05) is 34.0 Å². The minimum atomic E-state index is -0.385. The molecule has 0 aliphatic heterocycles. The van der Waals surface area contributed by atoms with Crippen molar-refractivity contribution in [1.82, 2.24) is 4.98 Å². The summed E-state index contributed by atoms with van der Waals surface area (Å²) in [6.07, 6.45) is 8.84. The molecule has 1 N–H and O–H groups in total. The van der Waals surface area contributed by atoms with Crippen molar-refractivity contribution in [1.29, 1.82) is 0 Å². The maximum atomic E-state index is 3.65. The fourth-order valence-corrected chi connectivity index (χ4v) is 9.21. The van der Waals surface area contributed by atoms with Crippen LogP contribution in [-0.4, -0.2) is 4.98 Å². The van der Waals surface area contributed by atoms with E-state index in [1.165, 1.54) is 72.2 Å². The standard InChI is InChI=1S/C47H33N.C2H6/c1-46(40-17-7-2-12-35(40)36-13-3-8-18-41(36)46)33-26-22-31(23-27-33)32-24-28-34(29-25-32)47(44-30-48-45-21-11-6-16-39(44)45)42-19-9-4-14-37(42)38-15-5-10-20-43(38)47;1-2/h2-14,16-30,43,48H,1H3;1-2H3. The van der Waals surface area contributed by atoms with Crippen LogP contribution in [0.5, 0.6) is 0 Å². The van der Waals surface area contributed by atoms with Crippen molar-refractivity contribution in [2.45, 2.75) is 31.6 Å². The third kappa shape index (κ3) is 4.08. The van der Waals surface area contributed by atoms with Crippen LogP contribution in [0.4, 0.5) is 0 Å². The number of rotatable bonds is 4. The van der Waals surface area contributed by atoms with Crippen molar-refractivity contribution in [3.05, 3.63) is 215 Å². The number of H-pyrrole nitrogens is 1. The molecular weight excluding hydrogens is 603 g/mol. The molecule has 0 amide bonds. The quantitative estimate of drug-likeness (QED) is 0.184. The topological polar surface area (TPSA) is 15.8 Å². The maximum Gasteiger partial charge on any atom is 0.0587 e. The molecule has 6 aromatic carbocycles. The van der Waals surface area contributed by atoms with Gasteiger partial charge in [-0.3, -0.25) is 0 Å². The number of aromatic nitrogens is 1. The third-order valence-corrected chi connectivity index (χ3v) is 11.4. The fraction of sp³-hybridized carbons (Fsp3) is 0.122. The molecule has 1 heterocycles. The molecule has 240 valence electrons. The molecule has 7 aromatic rings. The van der Waals surface area contributed by atoms with Gasteiger partial charge in [-0.15, -0.1) is 5.73 Å². The monoisotopic (exact) mass is 641 g/mol. The van der Waals surface area contributed by atoms with E-state index in [-0.39, 0.29) is 16.7 Å². The van der Waals surface area contributed by atoms with Crippen LogP contribution >= 0.6 is 0 Å². The lowest BCUT2D eigenvalue weighted by Gasteiger charge is -2.37. The molecule has 0 saturated heterocycles. The van der Waals surface area contributed by atoms with Gasteiger partial charge in [0.25, 0.3) is 0 Å². The second-order valence-electron chi connectivity index (χ2n) is 13.6. The number of nitrogens with one attached hydrogen (secondary N) is 1.